The average molecular weight is 163 g/mol. The van der Waals surface area contributed by atoms with Gasteiger partial charge in [0.05, 0.1) is 6.20 Å². The van der Waals surface area contributed by atoms with Crippen molar-refractivity contribution >= 4 is 5.91 Å². The number of amides is 1. The van der Waals surface area contributed by atoms with Crippen molar-refractivity contribution in [1.29, 1.82) is 0 Å². The molecule has 0 aromatic carbocycles. The number of nitrogens with zero attached hydrogens (tertiary/aromatic N) is 1. The van der Waals surface area contributed by atoms with Crippen LogP contribution in [-0.2, 0) is 11.2 Å². The number of hydrogen-bond acceptors (Lipinski definition) is 2. The molecule has 0 spiro atoms. The van der Waals surface area contributed by atoms with E-state index in [0.717, 1.165) is 12.0 Å². The first kappa shape index (κ1) is 8.34. The number of H-pyrrole nitrogens is 1. The Bertz CT molecular complexity index is 284. The highest BCUT2D eigenvalue weighted by atomic mass is 16.1. The lowest BCUT2D eigenvalue weighted by Gasteiger charge is -1.97. The fourth-order valence-corrected chi connectivity index (χ4v) is 0.786. The Morgan fingerprint density at radius 2 is 2.67 bits per heavy atom. The molecule has 0 aliphatic carbocycles. The standard InChI is InChI=1S/C8H9N3O/c1-2-8(12)9-4-3-7-5-10-11-6-7/h1,5-6H,3-4H2,(H,9,12)(H,10,11). The molecule has 4 heteroatoms. The number of terminal acetylenes is 1. The minimum absolute atomic E-state index is 0.376. The Morgan fingerprint density at radius 3 is 3.25 bits per heavy atom. The third-order valence-corrected chi connectivity index (χ3v) is 1.39. The smallest absolute Gasteiger partial charge is 0.295 e. The maximum atomic E-state index is 10.6. The second-order valence-electron chi connectivity index (χ2n) is 2.26. The molecule has 4 nitrogen and oxygen atoms in total. The second-order valence-corrected chi connectivity index (χ2v) is 2.26. The summed E-state index contributed by atoms with van der Waals surface area (Å²) >= 11 is 0. The molecule has 2 N–H and O–H groups in total. The van der Waals surface area contributed by atoms with Crippen molar-refractivity contribution in [3.8, 4) is 12.3 Å². The molecule has 12 heavy (non-hydrogen) atoms. The summed E-state index contributed by atoms with van der Waals surface area (Å²) in [6.45, 7) is 0.544. The topological polar surface area (TPSA) is 57.8 Å². The summed E-state index contributed by atoms with van der Waals surface area (Å²) in [6, 6.07) is 0. The average Bonchev–Trinajstić information content (AvgIpc) is 2.57. The minimum atomic E-state index is -0.376. The molecular formula is C8H9N3O. The van der Waals surface area contributed by atoms with Crippen molar-refractivity contribution in [1.82, 2.24) is 15.5 Å². The van der Waals surface area contributed by atoms with Crippen LogP contribution in [0.15, 0.2) is 12.4 Å². The second kappa shape index (κ2) is 4.19. The third kappa shape index (κ3) is 2.46. The number of aromatic nitrogens is 2. The maximum absolute atomic E-state index is 10.6. The Balaban J connectivity index is 2.20. The highest BCUT2D eigenvalue weighted by Crippen LogP contribution is 1.92. The summed E-state index contributed by atoms with van der Waals surface area (Å²) in [5.41, 5.74) is 1.05. The van der Waals surface area contributed by atoms with Gasteiger partial charge in [-0.2, -0.15) is 5.10 Å². The van der Waals surface area contributed by atoms with Crippen LogP contribution in [0.1, 0.15) is 5.56 Å². The minimum Gasteiger partial charge on any atom is -0.345 e. The molecule has 0 saturated carbocycles. The van der Waals surface area contributed by atoms with Crippen LogP contribution in [-0.4, -0.2) is 22.6 Å². The van der Waals surface area contributed by atoms with Crippen LogP contribution < -0.4 is 5.32 Å². The molecule has 0 radical (unpaired) electrons. The molecule has 0 atom stereocenters. The normalized spacial score (nSPS) is 8.92. The van der Waals surface area contributed by atoms with E-state index in [1.54, 1.807) is 12.4 Å². The van der Waals surface area contributed by atoms with Crippen LogP contribution in [0.4, 0.5) is 0 Å². The monoisotopic (exact) mass is 163 g/mol. The summed E-state index contributed by atoms with van der Waals surface area (Å²) in [4.78, 5) is 10.6. The molecule has 1 heterocycles. The highest BCUT2D eigenvalue weighted by Gasteiger charge is 1.95. The Morgan fingerprint density at radius 1 is 1.83 bits per heavy atom. The van der Waals surface area contributed by atoms with Gasteiger partial charge in [0.25, 0.3) is 5.91 Å². The maximum Gasteiger partial charge on any atom is 0.295 e. The first-order chi connectivity index (χ1) is 5.83. The van der Waals surface area contributed by atoms with E-state index in [4.69, 9.17) is 6.42 Å². The largest absolute Gasteiger partial charge is 0.345 e. The molecule has 62 valence electrons. The lowest BCUT2D eigenvalue weighted by atomic mass is 10.2. The van der Waals surface area contributed by atoms with Gasteiger partial charge in [-0.05, 0) is 17.9 Å². The summed E-state index contributed by atoms with van der Waals surface area (Å²) in [7, 11) is 0. The molecule has 1 rings (SSSR count). The van der Waals surface area contributed by atoms with Crippen molar-refractivity contribution in [2.24, 2.45) is 0 Å². The van der Waals surface area contributed by atoms with Crippen molar-refractivity contribution < 1.29 is 4.79 Å². The van der Waals surface area contributed by atoms with Crippen LogP contribution in [0, 0.1) is 12.3 Å². The first-order valence-corrected chi connectivity index (χ1v) is 3.55. The number of rotatable bonds is 3. The van der Waals surface area contributed by atoms with E-state index >= 15 is 0 Å². The lowest BCUT2D eigenvalue weighted by Crippen LogP contribution is -2.23. The van der Waals surface area contributed by atoms with Gasteiger partial charge in [0.15, 0.2) is 0 Å². The quantitative estimate of drug-likeness (QED) is 0.601. The predicted molar refractivity (Wildman–Crippen MR) is 44.1 cm³/mol. The molecule has 1 aromatic rings. The zero-order valence-corrected chi connectivity index (χ0v) is 6.50. The Hall–Kier alpha value is -1.76. The van der Waals surface area contributed by atoms with Gasteiger partial charge in [-0.15, -0.1) is 6.42 Å². The summed E-state index contributed by atoms with van der Waals surface area (Å²) in [5.74, 6) is 1.60. The van der Waals surface area contributed by atoms with Gasteiger partial charge in [-0.3, -0.25) is 9.89 Å². The molecule has 0 fully saturated rings. The highest BCUT2D eigenvalue weighted by molar-refractivity contribution is 5.92. The van der Waals surface area contributed by atoms with E-state index in [9.17, 15) is 4.79 Å². The van der Waals surface area contributed by atoms with Crippen molar-refractivity contribution in [2.75, 3.05) is 6.54 Å². The summed E-state index contributed by atoms with van der Waals surface area (Å²) in [6.07, 6.45) is 9.08. The van der Waals surface area contributed by atoms with E-state index in [-0.39, 0.29) is 5.91 Å². The van der Waals surface area contributed by atoms with Gasteiger partial charge in [0, 0.05) is 12.7 Å². The molecule has 1 amide bonds. The van der Waals surface area contributed by atoms with Gasteiger partial charge >= 0.3 is 0 Å². The fraction of sp³-hybridized carbons (Fsp3) is 0.250. The summed E-state index contributed by atoms with van der Waals surface area (Å²) in [5, 5.41) is 8.99. The van der Waals surface area contributed by atoms with Crippen LogP contribution in [0.25, 0.3) is 0 Å². The number of hydrogen-bond donors (Lipinski definition) is 2. The Kier molecular flexibility index (Phi) is 2.91. The van der Waals surface area contributed by atoms with Crippen LogP contribution in [0.5, 0.6) is 0 Å². The van der Waals surface area contributed by atoms with Gasteiger partial charge in [0.1, 0.15) is 0 Å². The predicted octanol–water partition coefficient (Wildman–Crippen LogP) is -0.298. The van der Waals surface area contributed by atoms with Crippen LogP contribution in [0.3, 0.4) is 0 Å². The number of carbonyl (C=O) groups excluding carboxylic acids is 1. The van der Waals surface area contributed by atoms with Gasteiger partial charge in [0.2, 0.25) is 0 Å². The van der Waals surface area contributed by atoms with E-state index in [0.29, 0.717) is 6.54 Å². The lowest BCUT2D eigenvalue weighted by molar-refractivity contribution is -0.115. The SMILES string of the molecule is C#CC(=O)NCCc1cn[nH]c1. The van der Waals surface area contributed by atoms with Crippen LogP contribution in [0.2, 0.25) is 0 Å². The third-order valence-electron chi connectivity index (χ3n) is 1.39. The number of nitrogens with one attached hydrogen (secondary N) is 2. The molecule has 0 aliphatic heterocycles. The van der Waals surface area contributed by atoms with Gasteiger partial charge < -0.3 is 5.32 Å². The van der Waals surface area contributed by atoms with Crippen molar-refractivity contribution in [2.45, 2.75) is 6.42 Å². The first-order valence-electron chi connectivity index (χ1n) is 3.55. The van der Waals surface area contributed by atoms with Crippen molar-refractivity contribution in [3.05, 3.63) is 18.0 Å². The van der Waals surface area contributed by atoms with E-state index in [2.05, 4.69) is 15.5 Å². The van der Waals surface area contributed by atoms with Crippen molar-refractivity contribution in [3.63, 3.8) is 0 Å². The van der Waals surface area contributed by atoms with E-state index < -0.39 is 0 Å². The molecule has 0 bridgehead atoms. The molecule has 0 saturated heterocycles. The van der Waals surface area contributed by atoms with Crippen LogP contribution >= 0.6 is 0 Å². The number of carbonyl (C=O) groups is 1. The Labute approximate surface area is 70.4 Å². The van der Waals surface area contributed by atoms with E-state index in [1.807, 2.05) is 5.92 Å². The number of aromatic amines is 1. The van der Waals surface area contributed by atoms with E-state index in [1.165, 1.54) is 0 Å². The zero-order chi connectivity index (χ0) is 8.81. The molecule has 1 aromatic heterocycles. The molecular weight excluding hydrogens is 154 g/mol. The van der Waals surface area contributed by atoms with Gasteiger partial charge in [-0.25, -0.2) is 0 Å². The fourth-order valence-electron chi connectivity index (χ4n) is 0.786. The zero-order valence-electron chi connectivity index (χ0n) is 6.50. The molecule has 0 unspecified atom stereocenters. The van der Waals surface area contributed by atoms with Gasteiger partial charge in [-0.1, -0.05) is 0 Å². The molecule has 0 aliphatic rings. The summed E-state index contributed by atoms with van der Waals surface area (Å²) < 4.78 is 0.